The second-order valence-electron chi connectivity index (χ2n) is 5.89. The van der Waals surface area contributed by atoms with Gasteiger partial charge >= 0.3 is 0 Å². The molecule has 0 aliphatic carbocycles. The number of hydrogen-bond acceptors (Lipinski definition) is 4. The first-order chi connectivity index (χ1) is 10.0. The highest BCUT2D eigenvalue weighted by Gasteiger charge is 2.41. The van der Waals surface area contributed by atoms with Gasteiger partial charge < -0.3 is 9.29 Å². The van der Waals surface area contributed by atoms with Crippen molar-refractivity contribution in [1.82, 2.24) is 9.71 Å². The third-order valence-corrected chi connectivity index (χ3v) is 5.03. The summed E-state index contributed by atoms with van der Waals surface area (Å²) in [5.74, 6) is -2.75. The number of nitrogens with zero attached hydrogens (tertiary/aromatic N) is 1. The minimum Gasteiger partial charge on any atom is -0.598 e. The molecule has 0 aromatic carbocycles. The Morgan fingerprint density at radius 1 is 1.45 bits per heavy atom. The van der Waals surface area contributed by atoms with E-state index < -0.39 is 34.5 Å². The van der Waals surface area contributed by atoms with Gasteiger partial charge in [0.05, 0.1) is 6.61 Å². The zero-order chi connectivity index (χ0) is 17.0. The van der Waals surface area contributed by atoms with Gasteiger partial charge in [-0.3, -0.25) is 0 Å². The molecule has 1 N–H and O–H groups in total. The van der Waals surface area contributed by atoms with E-state index in [1.165, 1.54) is 13.1 Å². The molecule has 22 heavy (non-hydrogen) atoms. The lowest BCUT2D eigenvalue weighted by Crippen LogP contribution is -2.51. The van der Waals surface area contributed by atoms with Crippen molar-refractivity contribution in [3.05, 3.63) is 22.8 Å². The van der Waals surface area contributed by atoms with Gasteiger partial charge in [0.15, 0.2) is 0 Å². The van der Waals surface area contributed by atoms with Crippen LogP contribution in [0.3, 0.4) is 0 Å². The SMILES string of the molecule is C[C@H](N[S@@+]([O-])C(C)(C)C)C(F)(F)CCOc1cc(Br)ccn1. The van der Waals surface area contributed by atoms with Crippen LogP contribution in [-0.2, 0) is 11.4 Å². The molecule has 0 radical (unpaired) electrons. The Hall–Kier alpha value is -0.440. The molecule has 0 aliphatic rings. The highest BCUT2D eigenvalue weighted by atomic mass is 79.9. The average molecular weight is 399 g/mol. The topological polar surface area (TPSA) is 57.2 Å². The highest BCUT2D eigenvalue weighted by molar-refractivity contribution is 9.10. The first-order valence-electron chi connectivity index (χ1n) is 6.82. The average Bonchev–Trinajstić information content (AvgIpc) is 2.37. The van der Waals surface area contributed by atoms with Crippen LogP contribution in [-0.4, -0.2) is 32.9 Å². The summed E-state index contributed by atoms with van der Waals surface area (Å²) in [5, 5.41) is 0. The van der Waals surface area contributed by atoms with E-state index in [9.17, 15) is 13.3 Å². The molecule has 4 nitrogen and oxygen atoms in total. The standard InChI is InChI=1S/C14H21BrF2N2O2S/c1-10(19-22(20)13(2,3)4)14(16,17)6-8-21-12-9-11(15)5-7-18-12/h5,7,9-10,19H,6,8H2,1-4H3/t10-,22-/m0/s1. The van der Waals surface area contributed by atoms with E-state index in [4.69, 9.17) is 4.74 Å². The van der Waals surface area contributed by atoms with Crippen molar-refractivity contribution < 1.29 is 18.1 Å². The van der Waals surface area contributed by atoms with Crippen LogP contribution < -0.4 is 9.46 Å². The van der Waals surface area contributed by atoms with Crippen molar-refractivity contribution in [2.24, 2.45) is 0 Å². The molecule has 0 fully saturated rings. The lowest BCUT2D eigenvalue weighted by molar-refractivity contribution is -0.0421. The van der Waals surface area contributed by atoms with Gasteiger partial charge in [0.2, 0.25) is 5.88 Å². The van der Waals surface area contributed by atoms with E-state index >= 15 is 0 Å². The minimum atomic E-state index is -3.03. The molecule has 0 aliphatic heterocycles. The van der Waals surface area contributed by atoms with Crippen LogP contribution >= 0.6 is 15.9 Å². The summed E-state index contributed by atoms with van der Waals surface area (Å²) in [6.07, 6.45) is 1.03. The van der Waals surface area contributed by atoms with Crippen molar-refractivity contribution in [1.29, 1.82) is 0 Å². The second-order valence-corrected chi connectivity index (χ2v) is 8.81. The molecule has 1 rings (SSSR count). The normalized spacial score (nSPS) is 15.5. The van der Waals surface area contributed by atoms with Gasteiger partial charge in [-0.15, -0.1) is 4.72 Å². The first kappa shape index (κ1) is 19.6. The molecule has 1 aromatic rings. The Morgan fingerprint density at radius 2 is 2.09 bits per heavy atom. The van der Waals surface area contributed by atoms with Crippen molar-refractivity contribution in [2.75, 3.05) is 6.61 Å². The predicted octanol–water partition coefficient (Wildman–Crippen LogP) is 3.69. The van der Waals surface area contributed by atoms with Crippen molar-refractivity contribution >= 4 is 27.3 Å². The molecule has 0 saturated carbocycles. The number of hydrogen-bond donors (Lipinski definition) is 1. The van der Waals surface area contributed by atoms with Crippen LogP contribution in [0, 0.1) is 0 Å². The van der Waals surface area contributed by atoms with Gasteiger partial charge in [-0.1, -0.05) is 15.9 Å². The molecule has 0 spiro atoms. The van der Waals surface area contributed by atoms with Crippen molar-refractivity contribution in [3.63, 3.8) is 0 Å². The summed E-state index contributed by atoms with van der Waals surface area (Å²) in [5.41, 5.74) is 0. The van der Waals surface area contributed by atoms with E-state index in [0.717, 1.165) is 4.47 Å². The zero-order valence-corrected chi connectivity index (χ0v) is 15.4. The molecule has 1 aromatic heterocycles. The molecule has 2 atom stereocenters. The summed E-state index contributed by atoms with van der Waals surface area (Å²) in [6.45, 7) is 6.32. The molecular weight excluding hydrogens is 378 g/mol. The van der Waals surface area contributed by atoms with Crippen LogP contribution in [0.1, 0.15) is 34.1 Å². The summed E-state index contributed by atoms with van der Waals surface area (Å²) >= 11 is 1.70. The van der Waals surface area contributed by atoms with Crippen LogP contribution in [0.5, 0.6) is 5.88 Å². The Morgan fingerprint density at radius 3 is 2.64 bits per heavy atom. The van der Waals surface area contributed by atoms with Crippen molar-refractivity contribution in [3.8, 4) is 5.88 Å². The van der Waals surface area contributed by atoms with Gasteiger partial charge in [-0.25, -0.2) is 13.8 Å². The fourth-order valence-electron chi connectivity index (χ4n) is 1.40. The molecule has 8 heteroatoms. The van der Waals surface area contributed by atoms with E-state index in [1.54, 1.807) is 32.9 Å². The Labute approximate surface area is 141 Å². The van der Waals surface area contributed by atoms with Gasteiger partial charge in [-0.05, 0) is 33.8 Å². The Bertz CT molecular complexity index is 486. The summed E-state index contributed by atoms with van der Waals surface area (Å²) < 4.78 is 47.8. The summed E-state index contributed by atoms with van der Waals surface area (Å²) in [4.78, 5) is 3.92. The molecular formula is C14H21BrF2N2O2S. The molecule has 0 saturated heterocycles. The molecule has 0 unspecified atom stereocenters. The van der Waals surface area contributed by atoms with Crippen LogP contribution in [0.4, 0.5) is 8.78 Å². The maximum Gasteiger partial charge on any atom is 0.270 e. The van der Waals surface area contributed by atoms with Crippen LogP contribution in [0.15, 0.2) is 22.8 Å². The number of nitrogens with one attached hydrogen (secondary N) is 1. The lowest BCUT2D eigenvalue weighted by Gasteiger charge is -2.30. The molecule has 126 valence electrons. The fraction of sp³-hybridized carbons (Fsp3) is 0.643. The smallest absolute Gasteiger partial charge is 0.270 e. The quantitative estimate of drug-likeness (QED) is 0.711. The van der Waals surface area contributed by atoms with E-state index in [0.29, 0.717) is 0 Å². The van der Waals surface area contributed by atoms with Gasteiger partial charge in [-0.2, -0.15) is 0 Å². The highest BCUT2D eigenvalue weighted by Crippen LogP contribution is 2.26. The third-order valence-electron chi connectivity index (χ3n) is 2.86. The number of ether oxygens (including phenoxy) is 1. The maximum atomic E-state index is 14.0. The van der Waals surface area contributed by atoms with Gasteiger partial charge in [0, 0.05) is 34.5 Å². The van der Waals surface area contributed by atoms with E-state index in [2.05, 4.69) is 25.6 Å². The lowest BCUT2D eigenvalue weighted by atomic mass is 10.1. The monoisotopic (exact) mass is 398 g/mol. The number of aromatic nitrogens is 1. The Balaban J connectivity index is 2.49. The fourth-order valence-corrected chi connectivity index (χ4v) is 2.56. The van der Waals surface area contributed by atoms with Crippen LogP contribution in [0.2, 0.25) is 0 Å². The molecule has 1 heterocycles. The number of rotatable bonds is 7. The van der Waals surface area contributed by atoms with E-state index in [-0.39, 0.29) is 12.5 Å². The molecule has 0 amide bonds. The predicted molar refractivity (Wildman–Crippen MR) is 87.5 cm³/mol. The summed E-state index contributed by atoms with van der Waals surface area (Å²) in [6, 6.07) is 2.11. The zero-order valence-electron chi connectivity index (χ0n) is 13.0. The van der Waals surface area contributed by atoms with E-state index in [1.807, 2.05) is 0 Å². The van der Waals surface area contributed by atoms with Gasteiger partial charge in [0.25, 0.3) is 5.92 Å². The van der Waals surface area contributed by atoms with Crippen molar-refractivity contribution in [2.45, 2.75) is 50.8 Å². The summed E-state index contributed by atoms with van der Waals surface area (Å²) in [7, 11) is 0. The maximum absolute atomic E-state index is 14.0. The third kappa shape index (κ3) is 6.36. The van der Waals surface area contributed by atoms with Crippen LogP contribution in [0.25, 0.3) is 0 Å². The molecule has 0 bridgehead atoms. The number of halogens is 3. The van der Waals surface area contributed by atoms with Gasteiger partial charge in [0.1, 0.15) is 10.8 Å². The first-order valence-corrected chi connectivity index (χ1v) is 8.77. The number of pyridine rings is 1. The minimum absolute atomic E-state index is 0.176. The largest absolute Gasteiger partial charge is 0.598 e. The Kier molecular flexibility index (Phi) is 7.04. The number of alkyl halides is 2. The second kappa shape index (κ2) is 7.90.